The fourth-order valence-corrected chi connectivity index (χ4v) is 5.07. The maximum Gasteiger partial charge on any atom is 0.416 e. The maximum absolute atomic E-state index is 13.1. The highest BCUT2D eigenvalue weighted by atomic mass is 19.4. The zero-order valence-corrected chi connectivity index (χ0v) is 20.5. The van der Waals surface area contributed by atoms with E-state index in [1.54, 1.807) is 29.2 Å². The third kappa shape index (κ3) is 5.25. The standard InChI is InChI=1S/C29H28F3N3O2/c1-20-16-23(10-11-26(20)22-8-5-9-24(17-22)29(30,31)32)28(37)35-18-25(19-35)33-12-14-34(15-13-33)27(36)21-6-3-2-4-7-21/h2-11,16-17,25H,12-15,18-19H2,1H3. The van der Waals surface area contributed by atoms with E-state index in [0.717, 1.165) is 30.8 Å². The Kier molecular flexibility index (Phi) is 6.77. The second-order valence-corrected chi connectivity index (χ2v) is 9.67. The molecule has 5 rings (SSSR count). The average Bonchev–Trinajstić information content (AvgIpc) is 2.88. The number of halogens is 3. The monoisotopic (exact) mass is 507 g/mol. The number of carbonyl (C=O) groups is 2. The van der Waals surface area contributed by atoms with E-state index in [2.05, 4.69) is 4.90 Å². The van der Waals surface area contributed by atoms with Crippen LogP contribution in [0.25, 0.3) is 11.1 Å². The van der Waals surface area contributed by atoms with E-state index in [9.17, 15) is 22.8 Å². The highest BCUT2D eigenvalue weighted by molar-refractivity contribution is 5.96. The molecule has 2 amide bonds. The van der Waals surface area contributed by atoms with Crippen LogP contribution in [-0.2, 0) is 6.18 Å². The maximum atomic E-state index is 13.1. The Morgan fingerprint density at radius 3 is 2.08 bits per heavy atom. The molecule has 3 aromatic carbocycles. The summed E-state index contributed by atoms with van der Waals surface area (Å²) < 4.78 is 39.3. The molecule has 0 unspecified atom stereocenters. The summed E-state index contributed by atoms with van der Waals surface area (Å²) in [6, 6.07) is 19.9. The van der Waals surface area contributed by atoms with Crippen molar-refractivity contribution in [1.82, 2.24) is 14.7 Å². The van der Waals surface area contributed by atoms with Gasteiger partial charge in [-0.3, -0.25) is 14.5 Å². The van der Waals surface area contributed by atoms with Crippen LogP contribution in [0.3, 0.4) is 0 Å². The van der Waals surface area contributed by atoms with E-state index in [1.165, 1.54) is 6.07 Å². The van der Waals surface area contributed by atoms with Crippen molar-refractivity contribution in [3.8, 4) is 11.1 Å². The summed E-state index contributed by atoms with van der Waals surface area (Å²) in [5.41, 5.74) is 2.44. The van der Waals surface area contributed by atoms with Gasteiger partial charge in [0.1, 0.15) is 0 Å². The summed E-state index contributed by atoms with van der Waals surface area (Å²) in [6.07, 6.45) is -4.40. The van der Waals surface area contributed by atoms with Gasteiger partial charge in [-0.15, -0.1) is 0 Å². The van der Waals surface area contributed by atoms with Crippen molar-refractivity contribution in [1.29, 1.82) is 0 Å². The van der Waals surface area contributed by atoms with Gasteiger partial charge in [-0.25, -0.2) is 0 Å². The lowest BCUT2D eigenvalue weighted by Gasteiger charge is -2.48. The molecule has 0 radical (unpaired) electrons. The number of benzene rings is 3. The first-order chi connectivity index (χ1) is 17.7. The third-order valence-electron chi connectivity index (χ3n) is 7.26. The largest absolute Gasteiger partial charge is 0.416 e. The molecule has 0 saturated carbocycles. The zero-order chi connectivity index (χ0) is 26.2. The number of likely N-dealkylation sites (tertiary alicyclic amines) is 1. The van der Waals surface area contributed by atoms with Gasteiger partial charge in [0.25, 0.3) is 11.8 Å². The smallest absolute Gasteiger partial charge is 0.336 e. The Balaban J connectivity index is 1.16. The number of hydrogen-bond donors (Lipinski definition) is 0. The van der Waals surface area contributed by atoms with E-state index >= 15 is 0 Å². The summed E-state index contributed by atoms with van der Waals surface area (Å²) in [7, 11) is 0. The van der Waals surface area contributed by atoms with Crippen LogP contribution in [0, 0.1) is 6.92 Å². The minimum absolute atomic E-state index is 0.0506. The molecule has 192 valence electrons. The van der Waals surface area contributed by atoms with Crippen LogP contribution in [0.15, 0.2) is 72.8 Å². The Labute approximate surface area is 214 Å². The molecule has 2 heterocycles. The van der Waals surface area contributed by atoms with Gasteiger partial charge in [0.2, 0.25) is 0 Å². The van der Waals surface area contributed by atoms with Crippen molar-refractivity contribution in [2.24, 2.45) is 0 Å². The van der Waals surface area contributed by atoms with Crippen LogP contribution in [0.1, 0.15) is 31.8 Å². The summed E-state index contributed by atoms with van der Waals surface area (Å²) in [5.74, 6) is -0.0255. The first kappa shape index (κ1) is 25.0. The first-order valence-electron chi connectivity index (χ1n) is 12.4. The second kappa shape index (κ2) is 10.0. The number of piperazine rings is 1. The second-order valence-electron chi connectivity index (χ2n) is 9.67. The van der Waals surface area contributed by atoms with Crippen LogP contribution in [0.4, 0.5) is 13.2 Å². The predicted octanol–water partition coefficient (Wildman–Crippen LogP) is 4.96. The molecule has 0 spiro atoms. The molecule has 2 aliphatic rings. The molecule has 3 aromatic rings. The molecule has 2 fully saturated rings. The van der Waals surface area contributed by atoms with Crippen LogP contribution in [0.2, 0.25) is 0 Å². The molecule has 2 saturated heterocycles. The lowest BCUT2D eigenvalue weighted by molar-refractivity contribution is -0.137. The zero-order valence-electron chi connectivity index (χ0n) is 20.5. The van der Waals surface area contributed by atoms with E-state index < -0.39 is 11.7 Å². The molecule has 0 aromatic heterocycles. The van der Waals surface area contributed by atoms with Crippen LogP contribution >= 0.6 is 0 Å². The van der Waals surface area contributed by atoms with Gasteiger partial charge in [0.15, 0.2) is 0 Å². The lowest BCUT2D eigenvalue weighted by Crippen LogP contribution is -2.64. The summed E-state index contributed by atoms with van der Waals surface area (Å²) in [4.78, 5) is 31.7. The van der Waals surface area contributed by atoms with E-state index in [-0.39, 0.29) is 17.9 Å². The van der Waals surface area contributed by atoms with Gasteiger partial charge < -0.3 is 9.80 Å². The molecular formula is C29H28F3N3O2. The van der Waals surface area contributed by atoms with Crippen LogP contribution in [0.5, 0.6) is 0 Å². The first-order valence-corrected chi connectivity index (χ1v) is 12.4. The number of aryl methyl sites for hydroxylation is 1. The van der Waals surface area contributed by atoms with Gasteiger partial charge in [0.05, 0.1) is 5.56 Å². The normalized spacial score (nSPS) is 17.0. The summed E-state index contributed by atoms with van der Waals surface area (Å²) >= 11 is 0. The highest BCUT2D eigenvalue weighted by Crippen LogP contribution is 2.33. The van der Waals surface area contributed by atoms with Crippen LogP contribution < -0.4 is 0 Å². The molecule has 2 aliphatic heterocycles. The molecular weight excluding hydrogens is 479 g/mol. The van der Waals surface area contributed by atoms with Crippen molar-refractivity contribution in [2.75, 3.05) is 39.3 Å². The third-order valence-corrected chi connectivity index (χ3v) is 7.26. The molecule has 37 heavy (non-hydrogen) atoms. The number of rotatable bonds is 4. The van der Waals surface area contributed by atoms with Gasteiger partial charge in [-0.05, 0) is 60.0 Å². The van der Waals surface area contributed by atoms with Gasteiger partial charge in [-0.2, -0.15) is 13.2 Å². The van der Waals surface area contributed by atoms with Gasteiger partial charge in [-0.1, -0.05) is 36.4 Å². The van der Waals surface area contributed by atoms with Crippen molar-refractivity contribution in [3.63, 3.8) is 0 Å². The average molecular weight is 508 g/mol. The molecule has 0 bridgehead atoms. The highest BCUT2D eigenvalue weighted by Gasteiger charge is 2.37. The topological polar surface area (TPSA) is 43.9 Å². The van der Waals surface area contributed by atoms with Crippen molar-refractivity contribution in [2.45, 2.75) is 19.1 Å². The quantitative estimate of drug-likeness (QED) is 0.501. The molecule has 8 heteroatoms. The number of amides is 2. The fraction of sp³-hybridized carbons (Fsp3) is 0.310. The minimum atomic E-state index is -4.40. The van der Waals surface area contributed by atoms with E-state index in [4.69, 9.17) is 0 Å². The lowest BCUT2D eigenvalue weighted by atomic mass is 9.96. The molecule has 0 N–H and O–H groups in total. The fourth-order valence-electron chi connectivity index (χ4n) is 5.07. The summed E-state index contributed by atoms with van der Waals surface area (Å²) in [5, 5.41) is 0. The minimum Gasteiger partial charge on any atom is -0.336 e. The number of alkyl halides is 3. The molecule has 0 atom stereocenters. The van der Waals surface area contributed by atoms with E-state index in [0.29, 0.717) is 48.4 Å². The number of nitrogens with zero attached hydrogens (tertiary/aromatic N) is 3. The SMILES string of the molecule is Cc1cc(C(=O)N2CC(N3CCN(C(=O)c4ccccc4)CC3)C2)ccc1-c1cccc(C(F)(F)F)c1. The van der Waals surface area contributed by atoms with E-state index in [1.807, 2.05) is 42.2 Å². The van der Waals surface area contributed by atoms with Gasteiger partial charge in [0, 0.05) is 56.4 Å². The van der Waals surface area contributed by atoms with Crippen molar-refractivity contribution >= 4 is 11.8 Å². The van der Waals surface area contributed by atoms with Crippen LogP contribution in [-0.4, -0.2) is 71.8 Å². The number of hydrogen-bond acceptors (Lipinski definition) is 3. The van der Waals surface area contributed by atoms with Gasteiger partial charge >= 0.3 is 6.18 Å². The van der Waals surface area contributed by atoms with Crippen molar-refractivity contribution in [3.05, 3.63) is 95.1 Å². The molecule has 0 aliphatic carbocycles. The Hall–Kier alpha value is -3.65. The summed E-state index contributed by atoms with van der Waals surface area (Å²) in [6.45, 7) is 5.93. The molecule has 5 nitrogen and oxygen atoms in total. The Morgan fingerprint density at radius 1 is 0.757 bits per heavy atom. The Bertz CT molecular complexity index is 1300. The predicted molar refractivity (Wildman–Crippen MR) is 135 cm³/mol. The Morgan fingerprint density at radius 2 is 1.43 bits per heavy atom. The number of carbonyl (C=O) groups excluding carboxylic acids is 2. The van der Waals surface area contributed by atoms with Crippen molar-refractivity contribution < 1.29 is 22.8 Å².